The molecule has 4 heteroatoms. The van der Waals surface area contributed by atoms with Gasteiger partial charge in [0, 0.05) is 12.2 Å². The molecule has 0 amide bonds. The maximum atomic E-state index is 11.8. The zero-order chi connectivity index (χ0) is 14.6. The molecule has 0 bridgehead atoms. The second-order valence-electron chi connectivity index (χ2n) is 4.83. The van der Waals surface area contributed by atoms with Gasteiger partial charge in [-0.25, -0.2) is 0 Å². The lowest BCUT2D eigenvalue weighted by Crippen LogP contribution is -2.45. The van der Waals surface area contributed by atoms with Crippen molar-refractivity contribution in [3.05, 3.63) is 65.7 Å². The number of hydrogen-bond acceptors (Lipinski definition) is 3. The number of carboxylic acid groups (broad SMARTS) is 1. The van der Waals surface area contributed by atoms with Gasteiger partial charge < -0.3 is 16.6 Å². The zero-order valence-electron chi connectivity index (χ0n) is 11.1. The third-order valence-electron chi connectivity index (χ3n) is 3.63. The van der Waals surface area contributed by atoms with Gasteiger partial charge in [-0.15, -0.1) is 0 Å². The summed E-state index contributed by atoms with van der Waals surface area (Å²) >= 11 is 0. The number of anilines is 1. The first kappa shape index (κ1) is 14.1. The molecule has 2 aromatic carbocycles. The van der Waals surface area contributed by atoms with E-state index in [0.717, 1.165) is 5.56 Å². The van der Waals surface area contributed by atoms with Gasteiger partial charge in [0.25, 0.3) is 0 Å². The van der Waals surface area contributed by atoms with Crippen LogP contribution in [0.5, 0.6) is 0 Å². The first-order chi connectivity index (χ1) is 9.60. The Balaban J connectivity index is 2.49. The normalized spacial score (nSPS) is 13.7. The highest BCUT2D eigenvalue weighted by atomic mass is 16.4. The van der Waals surface area contributed by atoms with E-state index in [9.17, 15) is 9.90 Å². The SMILES string of the molecule is NCC(Cc1ccccc1N)(C(=O)O)c1ccccc1. The molecule has 20 heavy (non-hydrogen) atoms. The van der Waals surface area contributed by atoms with Gasteiger partial charge in [-0.1, -0.05) is 48.5 Å². The van der Waals surface area contributed by atoms with Crippen molar-refractivity contribution in [3.8, 4) is 0 Å². The van der Waals surface area contributed by atoms with Gasteiger partial charge in [-0.3, -0.25) is 4.79 Å². The molecule has 104 valence electrons. The lowest BCUT2D eigenvalue weighted by molar-refractivity contribution is -0.143. The van der Waals surface area contributed by atoms with Crippen LogP contribution in [-0.4, -0.2) is 17.6 Å². The molecule has 2 aromatic rings. The quantitative estimate of drug-likeness (QED) is 0.723. The Hall–Kier alpha value is -2.33. The average molecular weight is 270 g/mol. The molecule has 0 saturated heterocycles. The Morgan fingerprint density at radius 3 is 2.20 bits per heavy atom. The number of aliphatic carboxylic acids is 1. The molecule has 0 aliphatic carbocycles. The van der Waals surface area contributed by atoms with Crippen molar-refractivity contribution in [2.45, 2.75) is 11.8 Å². The summed E-state index contributed by atoms with van der Waals surface area (Å²) < 4.78 is 0. The van der Waals surface area contributed by atoms with Crippen molar-refractivity contribution in [1.82, 2.24) is 0 Å². The molecule has 4 nitrogen and oxygen atoms in total. The number of nitrogen functional groups attached to an aromatic ring is 1. The van der Waals surface area contributed by atoms with Crippen LogP contribution in [0.4, 0.5) is 5.69 Å². The third kappa shape index (κ3) is 2.51. The predicted molar refractivity (Wildman–Crippen MR) is 79.4 cm³/mol. The minimum absolute atomic E-state index is 0.0146. The maximum Gasteiger partial charge on any atom is 0.315 e. The van der Waals surface area contributed by atoms with E-state index in [4.69, 9.17) is 11.5 Å². The zero-order valence-corrected chi connectivity index (χ0v) is 11.1. The highest BCUT2D eigenvalue weighted by Crippen LogP contribution is 2.30. The highest BCUT2D eigenvalue weighted by Gasteiger charge is 2.39. The van der Waals surface area contributed by atoms with Crippen LogP contribution in [0.1, 0.15) is 11.1 Å². The Morgan fingerprint density at radius 1 is 1.05 bits per heavy atom. The summed E-state index contributed by atoms with van der Waals surface area (Å²) in [5.41, 5.74) is 12.7. The summed E-state index contributed by atoms with van der Waals surface area (Å²) in [7, 11) is 0. The van der Waals surface area contributed by atoms with E-state index in [1.807, 2.05) is 36.4 Å². The lowest BCUT2D eigenvalue weighted by atomic mass is 9.75. The molecule has 0 radical (unpaired) electrons. The van der Waals surface area contributed by atoms with Crippen molar-refractivity contribution < 1.29 is 9.90 Å². The Kier molecular flexibility index (Phi) is 4.05. The van der Waals surface area contributed by atoms with Crippen molar-refractivity contribution in [2.24, 2.45) is 5.73 Å². The van der Waals surface area contributed by atoms with Gasteiger partial charge in [0.2, 0.25) is 0 Å². The van der Waals surface area contributed by atoms with Crippen LogP contribution in [0.2, 0.25) is 0 Å². The first-order valence-corrected chi connectivity index (χ1v) is 6.42. The number of nitrogens with two attached hydrogens (primary N) is 2. The summed E-state index contributed by atoms with van der Waals surface area (Å²) in [4.78, 5) is 11.8. The number of carboxylic acids is 1. The van der Waals surface area contributed by atoms with E-state index in [-0.39, 0.29) is 13.0 Å². The third-order valence-corrected chi connectivity index (χ3v) is 3.63. The molecule has 1 atom stereocenters. The van der Waals surface area contributed by atoms with Crippen LogP contribution < -0.4 is 11.5 Å². The summed E-state index contributed by atoms with van der Waals surface area (Å²) in [6.45, 7) is 0.0146. The molecule has 0 spiro atoms. The molecule has 0 heterocycles. The van der Waals surface area contributed by atoms with Crippen LogP contribution in [-0.2, 0) is 16.6 Å². The monoisotopic (exact) mass is 270 g/mol. The van der Waals surface area contributed by atoms with Gasteiger partial charge in [0.1, 0.15) is 5.41 Å². The van der Waals surface area contributed by atoms with Crippen molar-refractivity contribution in [2.75, 3.05) is 12.3 Å². The molecular weight excluding hydrogens is 252 g/mol. The second-order valence-corrected chi connectivity index (χ2v) is 4.83. The second kappa shape index (κ2) is 5.75. The van der Waals surface area contributed by atoms with Crippen LogP contribution in [0.25, 0.3) is 0 Å². The minimum atomic E-state index is -1.16. The Morgan fingerprint density at radius 2 is 1.65 bits per heavy atom. The summed E-state index contributed by atoms with van der Waals surface area (Å²) in [5.74, 6) is -0.936. The van der Waals surface area contributed by atoms with E-state index >= 15 is 0 Å². The molecule has 0 fully saturated rings. The Labute approximate surface area is 118 Å². The van der Waals surface area contributed by atoms with Gasteiger partial charge in [0.05, 0.1) is 0 Å². The molecular formula is C16H18N2O2. The first-order valence-electron chi connectivity index (χ1n) is 6.42. The fraction of sp³-hybridized carbons (Fsp3) is 0.188. The van der Waals surface area contributed by atoms with Gasteiger partial charge >= 0.3 is 5.97 Å². The van der Waals surface area contributed by atoms with E-state index in [1.54, 1.807) is 18.2 Å². The number of para-hydroxylation sites is 1. The standard InChI is InChI=1S/C16H18N2O2/c17-11-16(15(19)20,13-7-2-1-3-8-13)10-12-6-4-5-9-14(12)18/h1-9H,10-11,17-18H2,(H,19,20). The summed E-state index contributed by atoms with van der Waals surface area (Å²) in [6, 6.07) is 16.3. The number of hydrogen-bond donors (Lipinski definition) is 3. The van der Waals surface area contributed by atoms with Crippen LogP contribution in [0.15, 0.2) is 54.6 Å². The van der Waals surface area contributed by atoms with E-state index in [1.165, 1.54) is 0 Å². The van der Waals surface area contributed by atoms with Gasteiger partial charge in [-0.2, -0.15) is 0 Å². The maximum absolute atomic E-state index is 11.8. The van der Waals surface area contributed by atoms with Crippen LogP contribution >= 0.6 is 0 Å². The summed E-state index contributed by atoms with van der Waals surface area (Å²) in [5, 5.41) is 9.71. The predicted octanol–water partition coefficient (Wildman–Crippen LogP) is 1.79. The van der Waals surface area contributed by atoms with Gasteiger partial charge in [-0.05, 0) is 23.6 Å². The average Bonchev–Trinajstić information content (AvgIpc) is 2.47. The van der Waals surface area contributed by atoms with Gasteiger partial charge in [0.15, 0.2) is 0 Å². The molecule has 0 aromatic heterocycles. The number of benzene rings is 2. The number of rotatable bonds is 5. The van der Waals surface area contributed by atoms with Crippen LogP contribution in [0, 0.1) is 0 Å². The smallest absolute Gasteiger partial charge is 0.315 e. The number of carbonyl (C=O) groups is 1. The van der Waals surface area contributed by atoms with Crippen molar-refractivity contribution in [1.29, 1.82) is 0 Å². The Bertz CT molecular complexity index is 598. The highest BCUT2D eigenvalue weighted by molar-refractivity contribution is 5.82. The van der Waals surface area contributed by atoms with Crippen molar-refractivity contribution >= 4 is 11.7 Å². The summed E-state index contributed by atoms with van der Waals surface area (Å²) in [6.07, 6.45) is 0.273. The fourth-order valence-corrected chi connectivity index (χ4v) is 2.36. The molecule has 0 aliphatic heterocycles. The topological polar surface area (TPSA) is 89.3 Å². The van der Waals surface area contributed by atoms with Crippen LogP contribution in [0.3, 0.4) is 0 Å². The largest absolute Gasteiger partial charge is 0.481 e. The van der Waals surface area contributed by atoms with Crippen molar-refractivity contribution in [3.63, 3.8) is 0 Å². The molecule has 0 saturated carbocycles. The molecule has 0 aliphatic rings. The molecule has 2 rings (SSSR count). The fourth-order valence-electron chi connectivity index (χ4n) is 2.36. The van der Waals surface area contributed by atoms with E-state index < -0.39 is 11.4 Å². The molecule has 5 N–H and O–H groups in total. The van der Waals surface area contributed by atoms with E-state index in [0.29, 0.717) is 11.3 Å². The van der Waals surface area contributed by atoms with E-state index in [2.05, 4.69) is 0 Å². The lowest BCUT2D eigenvalue weighted by Gasteiger charge is -2.29. The molecule has 1 unspecified atom stereocenters. The minimum Gasteiger partial charge on any atom is -0.481 e.